The van der Waals surface area contributed by atoms with E-state index in [1.54, 1.807) is 6.07 Å². The van der Waals surface area contributed by atoms with Crippen LogP contribution in [0.25, 0.3) is 0 Å². The van der Waals surface area contributed by atoms with Gasteiger partial charge in [0.1, 0.15) is 11.6 Å². The Kier molecular flexibility index (Phi) is 5.25. The molecular weight excluding hydrogens is 380 g/mol. The Morgan fingerprint density at radius 3 is 2.23 bits per heavy atom. The molecule has 0 aliphatic rings. The fraction of sp³-hybridized carbons (Fsp3) is 0.0526. The van der Waals surface area contributed by atoms with Crippen LogP contribution in [0.2, 0.25) is 5.02 Å². The molecule has 0 saturated carbocycles. The molecule has 0 atom stereocenters. The number of benzene rings is 3. The van der Waals surface area contributed by atoms with Crippen molar-refractivity contribution in [1.82, 2.24) is 0 Å². The molecule has 3 nitrogen and oxygen atoms in total. The van der Waals surface area contributed by atoms with E-state index >= 15 is 0 Å². The van der Waals surface area contributed by atoms with Gasteiger partial charge in [0.2, 0.25) is 0 Å². The van der Waals surface area contributed by atoms with Crippen LogP contribution in [0.15, 0.2) is 77.7 Å². The van der Waals surface area contributed by atoms with Gasteiger partial charge in [0.25, 0.3) is 10.0 Å². The molecule has 7 heteroatoms. The second-order valence-corrected chi connectivity index (χ2v) is 7.84. The average Bonchev–Trinajstić information content (AvgIpc) is 2.62. The third-order valence-corrected chi connectivity index (χ3v) is 5.79. The van der Waals surface area contributed by atoms with Gasteiger partial charge in [0, 0.05) is 10.6 Å². The molecule has 0 aliphatic heterocycles. The predicted molar refractivity (Wildman–Crippen MR) is 97.6 cm³/mol. The number of hydrogen-bond donors (Lipinski definition) is 0. The van der Waals surface area contributed by atoms with Gasteiger partial charge >= 0.3 is 0 Å². The second kappa shape index (κ2) is 7.43. The van der Waals surface area contributed by atoms with Crippen molar-refractivity contribution >= 4 is 27.3 Å². The van der Waals surface area contributed by atoms with Crippen molar-refractivity contribution in [3.05, 3.63) is 95.0 Å². The van der Waals surface area contributed by atoms with E-state index in [0.717, 1.165) is 16.4 Å². The van der Waals surface area contributed by atoms with Crippen molar-refractivity contribution in [3.8, 4) is 0 Å². The van der Waals surface area contributed by atoms with Crippen LogP contribution in [0, 0.1) is 11.6 Å². The summed E-state index contributed by atoms with van der Waals surface area (Å²) in [5, 5.41) is 0.433. The minimum absolute atomic E-state index is 0.197. The Bertz CT molecular complexity index is 1020. The summed E-state index contributed by atoms with van der Waals surface area (Å²) in [5.41, 5.74) is 0.490. The molecule has 26 heavy (non-hydrogen) atoms. The largest absolute Gasteiger partial charge is 0.264 e. The lowest BCUT2D eigenvalue weighted by Crippen LogP contribution is -2.31. The zero-order chi connectivity index (χ0) is 18.7. The summed E-state index contributed by atoms with van der Waals surface area (Å²) in [6, 6.07) is 16.7. The van der Waals surface area contributed by atoms with E-state index in [1.807, 2.05) is 0 Å². The highest BCUT2D eigenvalue weighted by molar-refractivity contribution is 7.92. The summed E-state index contributed by atoms with van der Waals surface area (Å²) >= 11 is 5.88. The summed E-state index contributed by atoms with van der Waals surface area (Å²) in [6.45, 7) is -0.243. The van der Waals surface area contributed by atoms with Crippen LogP contribution < -0.4 is 4.31 Å². The smallest absolute Gasteiger partial charge is 0.262 e. The van der Waals surface area contributed by atoms with Crippen molar-refractivity contribution < 1.29 is 17.2 Å². The fourth-order valence-corrected chi connectivity index (χ4v) is 4.06. The maximum absolute atomic E-state index is 14.1. The third kappa shape index (κ3) is 3.86. The molecule has 0 N–H and O–H groups in total. The first-order valence-corrected chi connectivity index (χ1v) is 9.47. The van der Waals surface area contributed by atoms with Gasteiger partial charge in [-0.3, -0.25) is 4.31 Å². The van der Waals surface area contributed by atoms with Crippen molar-refractivity contribution in [2.75, 3.05) is 4.31 Å². The minimum atomic E-state index is -4.12. The zero-order valence-electron chi connectivity index (χ0n) is 13.4. The molecule has 0 fully saturated rings. The molecule has 134 valence electrons. The Hall–Kier alpha value is -2.44. The molecule has 0 heterocycles. The molecule has 0 spiro atoms. The first kappa shape index (κ1) is 18.4. The van der Waals surface area contributed by atoms with Crippen molar-refractivity contribution in [2.24, 2.45) is 0 Å². The number of rotatable bonds is 5. The summed E-state index contributed by atoms with van der Waals surface area (Å²) in [4.78, 5) is -0.219. The van der Waals surface area contributed by atoms with E-state index in [-0.39, 0.29) is 17.0 Å². The lowest BCUT2D eigenvalue weighted by Gasteiger charge is -2.25. The van der Waals surface area contributed by atoms with Gasteiger partial charge in [-0.15, -0.1) is 0 Å². The Labute approximate surface area is 155 Å². The maximum Gasteiger partial charge on any atom is 0.264 e. The third-order valence-electron chi connectivity index (χ3n) is 3.77. The van der Waals surface area contributed by atoms with Gasteiger partial charge in [-0.05, 0) is 48.5 Å². The standard InChI is InChI=1S/C19H14ClF2NO2S/c20-15-8-10-17(11-9-15)23(13-14-4-1-2-7-19(14)22)26(24,25)18-6-3-5-16(21)12-18/h1-12H,13H2. The Morgan fingerprint density at radius 1 is 0.885 bits per heavy atom. The predicted octanol–water partition coefficient (Wildman–Crippen LogP) is 5.01. The van der Waals surface area contributed by atoms with E-state index in [1.165, 1.54) is 54.6 Å². The van der Waals surface area contributed by atoms with Crippen LogP contribution in [0.3, 0.4) is 0 Å². The van der Waals surface area contributed by atoms with Crippen molar-refractivity contribution in [1.29, 1.82) is 0 Å². The zero-order valence-corrected chi connectivity index (χ0v) is 15.0. The quantitative estimate of drug-likeness (QED) is 0.610. The highest BCUT2D eigenvalue weighted by Crippen LogP contribution is 2.28. The highest BCUT2D eigenvalue weighted by atomic mass is 35.5. The van der Waals surface area contributed by atoms with Gasteiger partial charge in [-0.2, -0.15) is 0 Å². The van der Waals surface area contributed by atoms with Crippen LogP contribution in [0.5, 0.6) is 0 Å². The molecule has 3 aromatic carbocycles. The van der Waals surface area contributed by atoms with Gasteiger partial charge in [0.15, 0.2) is 0 Å². The van der Waals surface area contributed by atoms with Crippen LogP contribution in [0.4, 0.5) is 14.5 Å². The molecule has 3 rings (SSSR count). The molecule has 0 bridgehead atoms. The van der Waals surface area contributed by atoms with Crippen LogP contribution in [-0.4, -0.2) is 8.42 Å². The summed E-state index contributed by atoms with van der Waals surface area (Å²) in [6.07, 6.45) is 0. The van der Waals surface area contributed by atoms with Crippen LogP contribution in [-0.2, 0) is 16.6 Å². The molecule has 0 aliphatic carbocycles. The Balaban J connectivity index is 2.11. The van der Waals surface area contributed by atoms with Gasteiger partial charge in [-0.25, -0.2) is 17.2 Å². The summed E-state index contributed by atoms with van der Waals surface area (Å²) in [5.74, 6) is -1.20. The molecule has 0 aromatic heterocycles. The lowest BCUT2D eigenvalue weighted by molar-refractivity contribution is 0.581. The lowest BCUT2D eigenvalue weighted by atomic mass is 10.2. The van der Waals surface area contributed by atoms with Crippen LogP contribution >= 0.6 is 11.6 Å². The fourth-order valence-electron chi connectivity index (χ4n) is 2.46. The number of halogens is 3. The first-order valence-electron chi connectivity index (χ1n) is 7.65. The monoisotopic (exact) mass is 393 g/mol. The van der Waals surface area contributed by atoms with E-state index in [2.05, 4.69) is 0 Å². The summed E-state index contributed by atoms with van der Waals surface area (Å²) < 4.78 is 54.8. The van der Waals surface area contributed by atoms with Gasteiger partial charge < -0.3 is 0 Å². The van der Waals surface area contributed by atoms with Gasteiger partial charge in [0.05, 0.1) is 17.1 Å². The number of hydrogen-bond acceptors (Lipinski definition) is 2. The SMILES string of the molecule is O=S(=O)(c1cccc(F)c1)N(Cc1ccccc1F)c1ccc(Cl)cc1. The Morgan fingerprint density at radius 2 is 1.58 bits per heavy atom. The van der Waals surface area contributed by atoms with Gasteiger partial charge in [-0.1, -0.05) is 35.9 Å². The molecular formula is C19H14ClF2NO2S. The van der Waals surface area contributed by atoms with E-state index < -0.39 is 21.7 Å². The minimum Gasteiger partial charge on any atom is -0.262 e. The number of nitrogens with zero attached hydrogens (tertiary/aromatic N) is 1. The van der Waals surface area contributed by atoms with E-state index in [9.17, 15) is 17.2 Å². The van der Waals surface area contributed by atoms with E-state index in [4.69, 9.17) is 11.6 Å². The number of sulfonamides is 1. The van der Waals surface area contributed by atoms with Crippen LogP contribution in [0.1, 0.15) is 5.56 Å². The number of anilines is 1. The molecule has 3 aromatic rings. The molecule has 0 amide bonds. The first-order chi connectivity index (χ1) is 12.4. The molecule has 0 saturated heterocycles. The highest BCUT2D eigenvalue weighted by Gasteiger charge is 2.26. The van der Waals surface area contributed by atoms with Crippen molar-refractivity contribution in [2.45, 2.75) is 11.4 Å². The second-order valence-electron chi connectivity index (χ2n) is 5.54. The van der Waals surface area contributed by atoms with Crippen molar-refractivity contribution in [3.63, 3.8) is 0 Å². The van der Waals surface area contributed by atoms with E-state index in [0.29, 0.717) is 10.7 Å². The summed E-state index contributed by atoms with van der Waals surface area (Å²) in [7, 11) is -4.12. The average molecular weight is 394 g/mol. The molecule has 0 unspecified atom stereocenters. The topological polar surface area (TPSA) is 37.4 Å². The maximum atomic E-state index is 14.1. The normalized spacial score (nSPS) is 11.3. The molecule has 0 radical (unpaired) electrons.